The van der Waals surface area contributed by atoms with Crippen LogP contribution in [0.25, 0.3) is 32.9 Å². The fraction of sp³-hybridized carbons (Fsp3) is 0.308. The van der Waals surface area contributed by atoms with Crippen LogP contribution in [0.4, 0.5) is 24.7 Å². The minimum absolute atomic E-state index is 0.0315. The summed E-state index contributed by atoms with van der Waals surface area (Å²) in [5, 5.41) is 11.4. The molecule has 2 aromatic carbocycles. The lowest BCUT2D eigenvalue weighted by Gasteiger charge is -2.36. The normalized spacial score (nSPS) is 20.0. The Kier molecular flexibility index (Phi) is 9.08. The molecule has 3 aromatic heterocycles. The molecule has 2 aliphatic rings. The molecule has 2 aliphatic heterocycles. The van der Waals surface area contributed by atoms with Gasteiger partial charge in [-0.1, -0.05) is 18.6 Å². The summed E-state index contributed by atoms with van der Waals surface area (Å²) in [6.45, 7) is 6.57. The molecule has 0 aliphatic carbocycles. The Labute approximate surface area is 298 Å². The molecule has 2 saturated heterocycles. The number of benzene rings is 2. The molecule has 0 radical (unpaired) electrons. The first-order valence-electron chi connectivity index (χ1n) is 16.9. The molecule has 0 bridgehead atoms. The molecule has 3 atom stereocenters. The van der Waals surface area contributed by atoms with Gasteiger partial charge in [-0.3, -0.25) is 14.8 Å². The molecule has 13 heteroatoms. The van der Waals surface area contributed by atoms with Gasteiger partial charge in [-0.25, -0.2) is 13.2 Å². The van der Waals surface area contributed by atoms with Gasteiger partial charge < -0.3 is 24.5 Å². The lowest BCUT2D eigenvalue weighted by atomic mass is 9.96. The number of alkyl halides is 1. The number of fused-ring (bicyclic) bond motifs is 2. The lowest BCUT2D eigenvalue weighted by Crippen LogP contribution is -2.46. The van der Waals surface area contributed by atoms with Crippen molar-refractivity contribution in [2.45, 2.75) is 43.9 Å². The second-order valence-corrected chi connectivity index (χ2v) is 13.5. The van der Waals surface area contributed by atoms with E-state index in [0.717, 1.165) is 18.5 Å². The minimum Gasteiger partial charge on any atom is -0.508 e. The second-order valence-electron chi connectivity index (χ2n) is 13.5. The number of likely N-dealkylation sites (N-methyl/N-ethyl adjacent to an activating group) is 1. The number of ether oxygens (including phenoxy) is 1. The number of terminal acetylenes is 1. The van der Waals surface area contributed by atoms with Crippen molar-refractivity contribution in [3.8, 4) is 35.4 Å². The summed E-state index contributed by atoms with van der Waals surface area (Å²) >= 11 is 0. The van der Waals surface area contributed by atoms with Crippen molar-refractivity contribution in [1.29, 1.82) is 0 Å². The zero-order valence-corrected chi connectivity index (χ0v) is 28.7. The molecule has 266 valence electrons. The monoisotopic (exact) mass is 707 g/mol. The quantitative estimate of drug-likeness (QED) is 0.142. The second kappa shape index (κ2) is 13.7. The maximum absolute atomic E-state index is 17.0. The van der Waals surface area contributed by atoms with Crippen LogP contribution >= 0.6 is 0 Å². The van der Waals surface area contributed by atoms with Crippen LogP contribution in [0.2, 0.25) is 0 Å². The Morgan fingerprint density at radius 1 is 1.23 bits per heavy atom. The smallest absolute Gasteiger partial charge is 0.319 e. The predicted octanol–water partition coefficient (Wildman–Crippen LogP) is 6.20. The minimum atomic E-state index is -1.12. The number of phenols is 1. The number of hydrogen-bond donors (Lipinski definition) is 1. The van der Waals surface area contributed by atoms with Crippen LogP contribution in [0, 0.1) is 24.0 Å². The number of hydrogen-bond acceptors (Lipinski definition) is 9. The first-order valence-corrected chi connectivity index (χ1v) is 16.9. The molecule has 0 spiro atoms. The van der Waals surface area contributed by atoms with Crippen molar-refractivity contribution in [3.05, 3.63) is 84.8 Å². The number of carbonyl (C=O) groups excluding carboxylic acids is 1. The van der Waals surface area contributed by atoms with Crippen molar-refractivity contribution in [2.75, 3.05) is 43.1 Å². The number of amides is 1. The van der Waals surface area contributed by atoms with Crippen molar-refractivity contribution in [1.82, 2.24) is 24.8 Å². The Hall–Kier alpha value is -5.90. The third kappa shape index (κ3) is 6.18. The fourth-order valence-electron chi connectivity index (χ4n) is 7.52. The van der Waals surface area contributed by atoms with E-state index in [4.69, 9.17) is 16.1 Å². The van der Waals surface area contributed by atoms with Crippen LogP contribution in [0.3, 0.4) is 0 Å². The van der Waals surface area contributed by atoms with E-state index in [0.29, 0.717) is 18.5 Å². The number of carbonyl (C=O) groups is 1. The largest absolute Gasteiger partial charge is 0.508 e. The van der Waals surface area contributed by atoms with E-state index in [2.05, 4.69) is 27.5 Å². The summed E-state index contributed by atoms with van der Waals surface area (Å²) in [4.78, 5) is 35.8. The molecule has 0 saturated carbocycles. The van der Waals surface area contributed by atoms with Crippen molar-refractivity contribution in [3.63, 3.8) is 0 Å². The molecule has 1 amide bonds. The maximum atomic E-state index is 17.0. The van der Waals surface area contributed by atoms with Gasteiger partial charge in [-0.15, -0.1) is 6.42 Å². The van der Waals surface area contributed by atoms with Gasteiger partial charge in [0.05, 0.1) is 16.5 Å². The van der Waals surface area contributed by atoms with Gasteiger partial charge in [0.15, 0.2) is 5.82 Å². The summed E-state index contributed by atoms with van der Waals surface area (Å²) in [5.41, 5.74) is -0.436. The number of anilines is 2. The molecule has 2 fully saturated rings. The molecule has 10 nitrogen and oxygen atoms in total. The Morgan fingerprint density at radius 2 is 2.02 bits per heavy atom. The van der Waals surface area contributed by atoms with Crippen LogP contribution in [0.15, 0.2) is 67.6 Å². The number of pyridine rings is 2. The lowest BCUT2D eigenvalue weighted by molar-refractivity contribution is -0.126. The van der Waals surface area contributed by atoms with Gasteiger partial charge >= 0.3 is 6.01 Å². The van der Waals surface area contributed by atoms with E-state index in [9.17, 15) is 18.7 Å². The molecule has 52 heavy (non-hydrogen) atoms. The van der Waals surface area contributed by atoms with Gasteiger partial charge in [-0.05, 0) is 61.6 Å². The fourth-order valence-corrected chi connectivity index (χ4v) is 7.52. The number of aromatic hydroxyl groups is 1. The van der Waals surface area contributed by atoms with Crippen LogP contribution in [-0.4, -0.2) is 86.9 Å². The first kappa shape index (κ1) is 34.5. The van der Waals surface area contributed by atoms with Crippen molar-refractivity contribution < 1.29 is 27.8 Å². The van der Waals surface area contributed by atoms with E-state index < -0.39 is 23.3 Å². The topological polar surface area (TPSA) is 108 Å². The van der Waals surface area contributed by atoms with Gasteiger partial charge in [0, 0.05) is 74.4 Å². The highest BCUT2D eigenvalue weighted by molar-refractivity contribution is 6.03. The highest BCUT2D eigenvalue weighted by Gasteiger charge is 2.43. The molecule has 5 aromatic rings. The Morgan fingerprint density at radius 3 is 2.77 bits per heavy atom. The molecule has 0 unspecified atom stereocenters. The molecule has 1 N–H and O–H groups in total. The first-order chi connectivity index (χ1) is 25.0. The molecule has 7 rings (SSSR count). The average Bonchev–Trinajstić information content (AvgIpc) is 3.73. The van der Waals surface area contributed by atoms with Gasteiger partial charge in [0.1, 0.15) is 41.4 Å². The van der Waals surface area contributed by atoms with E-state index in [1.807, 2.05) is 11.8 Å². The number of halogens is 3. The number of nitrogens with zero attached hydrogens (tertiary/aromatic N) is 7. The number of aromatic nitrogens is 4. The highest BCUT2D eigenvalue weighted by atomic mass is 19.1. The Bertz CT molecular complexity index is 2250. The SMILES string of the molecule is C#Cc1c(F)ccc2cc(O)cc(-c3ncc4c(N(C)C[C@@H]5CCCN5C(=O)C=C)nc(OC[C@]5(C)C[C@@H](F)CN5c5ccncc5)nc4c3F)c12. The zero-order valence-electron chi connectivity index (χ0n) is 28.7. The average molecular weight is 708 g/mol. The number of rotatable bonds is 9. The number of phenolic OH excluding ortho intramolecular Hbond substituents is 1. The van der Waals surface area contributed by atoms with Crippen molar-refractivity contribution in [2.24, 2.45) is 0 Å². The van der Waals surface area contributed by atoms with E-state index in [1.165, 1.54) is 36.5 Å². The number of likely N-dealkylation sites (tertiary alicyclic amines) is 1. The maximum Gasteiger partial charge on any atom is 0.319 e. The summed E-state index contributed by atoms with van der Waals surface area (Å²) < 4.78 is 53.1. The highest BCUT2D eigenvalue weighted by Crippen LogP contribution is 2.40. The summed E-state index contributed by atoms with van der Waals surface area (Å²) in [7, 11) is 1.77. The standard InChI is InChI=1S/C39H36F3N7O3/c1-5-28-31(41)10-9-23-16-27(50)17-29(33(23)28)35-34(42)36-30(19-44-35)37(47(4)21-26-8-7-15-48(26)32(51)6-2)46-38(45-36)52-22-39(3)18-24(40)20-49(39)25-11-13-43-14-12-25/h1,6,9-14,16-17,19,24,26,50H,2,7-8,15,18,20-22H2,3-4H3/t24-,26+,39+/m1/s1. The third-order valence-corrected chi connectivity index (χ3v) is 9.96. The van der Waals surface area contributed by atoms with Crippen LogP contribution in [0.5, 0.6) is 11.8 Å². The summed E-state index contributed by atoms with van der Waals surface area (Å²) in [5.74, 6) is 0.696. The molecular formula is C39H36F3N7O3. The van der Waals surface area contributed by atoms with Crippen molar-refractivity contribution >= 4 is 39.1 Å². The molecular weight excluding hydrogens is 671 g/mol. The van der Waals surface area contributed by atoms with Crippen LogP contribution in [-0.2, 0) is 4.79 Å². The predicted molar refractivity (Wildman–Crippen MR) is 193 cm³/mol. The summed E-state index contributed by atoms with van der Waals surface area (Å²) in [6, 6.07) is 8.58. The zero-order chi connectivity index (χ0) is 36.7. The van der Waals surface area contributed by atoms with E-state index >= 15 is 4.39 Å². The summed E-state index contributed by atoms with van der Waals surface area (Å²) in [6.07, 6.45) is 12.3. The van der Waals surface area contributed by atoms with Crippen LogP contribution < -0.4 is 14.5 Å². The van der Waals surface area contributed by atoms with Gasteiger partial charge in [0.25, 0.3) is 0 Å². The third-order valence-electron chi connectivity index (χ3n) is 9.96. The van der Waals surface area contributed by atoms with E-state index in [-0.39, 0.29) is 82.2 Å². The Balaban J connectivity index is 1.34. The van der Waals surface area contributed by atoms with Gasteiger partial charge in [0.2, 0.25) is 5.91 Å². The molecule has 5 heterocycles. The van der Waals surface area contributed by atoms with Crippen LogP contribution in [0.1, 0.15) is 31.7 Å². The van der Waals surface area contributed by atoms with Gasteiger partial charge in [-0.2, -0.15) is 9.97 Å². The van der Waals surface area contributed by atoms with E-state index in [1.54, 1.807) is 41.4 Å².